The number of hydrogen-bond acceptors (Lipinski definition) is 3. The molecule has 0 saturated heterocycles. The van der Waals surface area contributed by atoms with Crippen LogP contribution in [0.1, 0.15) is 30.8 Å². The third kappa shape index (κ3) is 3.35. The van der Waals surface area contributed by atoms with Gasteiger partial charge in [0.1, 0.15) is 5.58 Å². The highest BCUT2D eigenvalue weighted by Crippen LogP contribution is 2.18. The summed E-state index contributed by atoms with van der Waals surface area (Å²) in [5, 5.41) is 13.3. The molecular weight excluding hydrogens is 242 g/mol. The molecule has 0 radical (unpaired) electrons. The minimum atomic E-state index is -0.393. The molecule has 4 nitrogen and oxygen atoms in total. The summed E-state index contributed by atoms with van der Waals surface area (Å²) in [7, 11) is 0. The van der Waals surface area contributed by atoms with E-state index in [1.54, 1.807) is 6.07 Å². The minimum Gasteiger partial charge on any atom is -0.451 e. The lowest BCUT2D eigenvalue weighted by Crippen LogP contribution is -2.28. The second kappa shape index (κ2) is 5.89. The van der Waals surface area contributed by atoms with Gasteiger partial charge in [-0.25, -0.2) is 0 Å². The molecule has 1 aromatic carbocycles. The Morgan fingerprint density at radius 2 is 2.11 bits per heavy atom. The average Bonchev–Trinajstić information content (AvgIpc) is 2.82. The Morgan fingerprint density at radius 3 is 2.79 bits per heavy atom. The number of furan rings is 1. The van der Waals surface area contributed by atoms with Gasteiger partial charge < -0.3 is 14.8 Å². The van der Waals surface area contributed by atoms with Gasteiger partial charge in [-0.15, -0.1) is 0 Å². The third-order valence-electron chi connectivity index (χ3n) is 3.14. The first-order chi connectivity index (χ1) is 9.08. The first kappa shape index (κ1) is 13.6. The smallest absolute Gasteiger partial charge is 0.287 e. The van der Waals surface area contributed by atoms with Crippen molar-refractivity contribution in [3.63, 3.8) is 0 Å². The zero-order chi connectivity index (χ0) is 13.8. The summed E-state index contributed by atoms with van der Waals surface area (Å²) in [5.74, 6) is 0.260. The number of benzene rings is 1. The topological polar surface area (TPSA) is 62.5 Å². The predicted molar refractivity (Wildman–Crippen MR) is 74.0 cm³/mol. The van der Waals surface area contributed by atoms with Crippen LogP contribution in [0.25, 0.3) is 11.0 Å². The van der Waals surface area contributed by atoms with Crippen LogP contribution < -0.4 is 5.32 Å². The lowest BCUT2D eigenvalue weighted by atomic mass is 10.0. The molecule has 2 N–H and O–H groups in total. The zero-order valence-electron chi connectivity index (χ0n) is 11.2. The number of hydrogen-bond donors (Lipinski definition) is 2. The van der Waals surface area contributed by atoms with Crippen LogP contribution >= 0.6 is 0 Å². The molecule has 0 aliphatic heterocycles. The Balaban J connectivity index is 1.93. The lowest BCUT2D eigenvalue weighted by molar-refractivity contribution is 0.0896. The second-order valence-electron chi connectivity index (χ2n) is 5.00. The normalized spacial score (nSPS) is 12.8. The summed E-state index contributed by atoms with van der Waals surface area (Å²) in [4.78, 5) is 11.9. The molecule has 1 unspecified atom stereocenters. The van der Waals surface area contributed by atoms with E-state index >= 15 is 0 Å². The predicted octanol–water partition coefficient (Wildman–Crippen LogP) is 2.57. The molecule has 0 aliphatic carbocycles. The maximum atomic E-state index is 11.9. The van der Waals surface area contributed by atoms with Crippen molar-refractivity contribution in [1.82, 2.24) is 5.32 Å². The highest BCUT2D eigenvalue weighted by atomic mass is 16.3. The molecule has 2 rings (SSSR count). The molecule has 1 amide bonds. The van der Waals surface area contributed by atoms with Gasteiger partial charge in [0.05, 0.1) is 6.10 Å². The first-order valence-electron chi connectivity index (χ1n) is 6.53. The SMILES string of the molecule is CC(C)C(O)CCNC(=O)c1cc2ccccc2o1. The number of fused-ring (bicyclic) bond motifs is 1. The van der Waals surface area contributed by atoms with Crippen LogP contribution in [0.2, 0.25) is 0 Å². The van der Waals surface area contributed by atoms with Gasteiger partial charge in [-0.05, 0) is 24.5 Å². The molecule has 1 heterocycles. The van der Waals surface area contributed by atoms with E-state index in [4.69, 9.17) is 4.42 Å². The van der Waals surface area contributed by atoms with Crippen LogP contribution in [0.4, 0.5) is 0 Å². The third-order valence-corrected chi connectivity index (χ3v) is 3.14. The molecule has 1 atom stereocenters. The zero-order valence-corrected chi connectivity index (χ0v) is 11.2. The van der Waals surface area contributed by atoms with Crippen molar-refractivity contribution in [1.29, 1.82) is 0 Å². The molecule has 1 aromatic heterocycles. The van der Waals surface area contributed by atoms with E-state index in [1.807, 2.05) is 38.1 Å². The summed E-state index contributed by atoms with van der Waals surface area (Å²) in [6, 6.07) is 9.22. The Hall–Kier alpha value is -1.81. The van der Waals surface area contributed by atoms with Gasteiger partial charge in [0, 0.05) is 11.9 Å². The summed E-state index contributed by atoms with van der Waals surface area (Å²) >= 11 is 0. The van der Waals surface area contributed by atoms with Gasteiger partial charge in [-0.3, -0.25) is 4.79 Å². The van der Waals surface area contributed by atoms with Crippen LogP contribution in [0.5, 0.6) is 0 Å². The van der Waals surface area contributed by atoms with Crippen molar-refractivity contribution in [2.45, 2.75) is 26.4 Å². The van der Waals surface area contributed by atoms with Crippen LogP contribution in [0.3, 0.4) is 0 Å². The molecule has 0 saturated carbocycles. The number of amides is 1. The number of para-hydroxylation sites is 1. The van der Waals surface area contributed by atoms with Crippen LogP contribution in [0, 0.1) is 5.92 Å². The number of nitrogens with one attached hydrogen (secondary N) is 1. The van der Waals surface area contributed by atoms with Gasteiger partial charge in [0.25, 0.3) is 5.91 Å². The number of rotatable bonds is 5. The Kier molecular flexibility index (Phi) is 4.22. The summed E-state index contributed by atoms with van der Waals surface area (Å²) in [5.41, 5.74) is 0.704. The van der Waals surface area contributed by atoms with E-state index in [0.29, 0.717) is 24.3 Å². The van der Waals surface area contributed by atoms with Crippen LogP contribution in [-0.4, -0.2) is 23.7 Å². The molecule has 0 aliphatic rings. The molecule has 0 fully saturated rings. The van der Waals surface area contributed by atoms with E-state index < -0.39 is 6.10 Å². The van der Waals surface area contributed by atoms with Gasteiger partial charge in [0.2, 0.25) is 0 Å². The van der Waals surface area contributed by atoms with Gasteiger partial charge in [0.15, 0.2) is 5.76 Å². The Labute approximate surface area is 112 Å². The van der Waals surface area contributed by atoms with Crippen molar-refractivity contribution in [3.8, 4) is 0 Å². The van der Waals surface area contributed by atoms with Crippen molar-refractivity contribution in [2.24, 2.45) is 5.92 Å². The van der Waals surface area contributed by atoms with E-state index in [9.17, 15) is 9.90 Å². The number of aliphatic hydroxyl groups excluding tert-OH is 1. The highest BCUT2D eigenvalue weighted by Gasteiger charge is 2.13. The van der Waals surface area contributed by atoms with Gasteiger partial charge >= 0.3 is 0 Å². The van der Waals surface area contributed by atoms with E-state index in [1.165, 1.54) is 0 Å². The van der Waals surface area contributed by atoms with E-state index in [-0.39, 0.29) is 11.8 Å². The van der Waals surface area contributed by atoms with E-state index in [0.717, 1.165) is 5.39 Å². The second-order valence-corrected chi connectivity index (χ2v) is 5.00. The van der Waals surface area contributed by atoms with Crippen molar-refractivity contribution in [3.05, 3.63) is 36.1 Å². The average molecular weight is 261 g/mol. The molecule has 2 aromatic rings. The summed E-state index contributed by atoms with van der Waals surface area (Å²) in [6.45, 7) is 4.34. The number of aliphatic hydroxyl groups is 1. The summed E-state index contributed by atoms with van der Waals surface area (Å²) in [6.07, 6.45) is 0.153. The molecule has 4 heteroatoms. The van der Waals surface area contributed by atoms with Crippen molar-refractivity contribution >= 4 is 16.9 Å². The van der Waals surface area contributed by atoms with Crippen molar-refractivity contribution in [2.75, 3.05) is 6.54 Å². The quantitative estimate of drug-likeness (QED) is 0.869. The molecule has 0 bridgehead atoms. The van der Waals surface area contributed by atoms with Gasteiger partial charge in [-0.2, -0.15) is 0 Å². The maximum Gasteiger partial charge on any atom is 0.287 e. The summed E-state index contributed by atoms with van der Waals surface area (Å²) < 4.78 is 5.46. The largest absolute Gasteiger partial charge is 0.451 e. The number of carbonyl (C=O) groups is 1. The molecule has 102 valence electrons. The maximum absolute atomic E-state index is 11.9. The minimum absolute atomic E-state index is 0.197. The van der Waals surface area contributed by atoms with Crippen molar-refractivity contribution < 1.29 is 14.3 Å². The fourth-order valence-electron chi connectivity index (χ4n) is 1.85. The van der Waals surface area contributed by atoms with Gasteiger partial charge in [-0.1, -0.05) is 32.0 Å². The lowest BCUT2D eigenvalue weighted by Gasteiger charge is -2.13. The Morgan fingerprint density at radius 1 is 1.37 bits per heavy atom. The molecular formula is C15H19NO3. The monoisotopic (exact) mass is 261 g/mol. The van der Waals surface area contributed by atoms with Crippen LogP contribution in [-0.2, 0) is 0 Å². The molecule has 19 heavy (non-hydrogen) atoms. The fourth-order valence-corrected chi connectivity index (χ4v) is 1.85. The standard InChI is InChI=1S/C15H19NO3/c1-10(2)12(17)7-8-16-15(18)14-9-11-5-3-4-6-13(11)19-14/h3-6,9-10,12,17H,7-8H2,1-2H3,(H,16,18). The highest BCUT2D eigenvalue weighted by molar-refractivity contribution is 5.95. The fraction of sp³-hybridized carbons (Fsp3) is 0.400. The Bertz CT molecular complexity index is 526. The molecule has 0 spiro atoms. The van der Waals surface area contributed by atoms with E-state index in [2.05, 4.69) is 5.32 Å². The first-order valence-corrected chi connectivity index (χ1v) is 6.53. The number of carbonyl (C=O) groups excluding carboxylic acids is 1. The van der Waals surface area contributed by atoms with Crippen LogP contribution in [0.15, 0.2) is 34.7 Å².